The summed E-state index contributed by atoms with van der Waals surface area (Å²) >= 11 is 6.06. The molecule has 32 heavy (non-hydrogen) atoms. The number of hydrogen-bond donors (Lipinski definition) is 5. The molecule has 5 N–H and O–H groups in total. The zero-order chi connectivity index (χ0) is 23.0. The van der Waals surface area contributed by atoms with Crippen molar-refractivity contribution in [1.29, 1.82) is 0 Å². The van der Waals surface area contributed by atoms with Crippen LogP contribution in [0.2, 0.25) is 5.28 Å². The second-order valence-corrected chi connectivity index (χ2v) is 7.64. The Hall–Kier alpha value is -2.62. The van der Waals surface area contributed by atoms with E-state index in [1.807, 2.05) is 0 Å². The molecule has 0 unspecified atom stereocenters. The summed E-state index contributed by atoms with van der Waals surface area (Å²) in [5, 5.41) is 41.7. The van der Waals surface area contributed by atoms with Gasteiger partial charge in [-0.15, -0.1) is 0 Å². The van der Waals surface area contributed by atoms with Gasteiger partial charge in [-0.2, -0.15) is 9.97 Å². The summed E-state index contributed by atoms with van der Waals surface area (Å²) in [5.74, 6) is -3.05. The molecular formula is C17H20ClN5O9. The highest BCUT2D eigenvalue weighted by molar-refractivity contribution is 6.28. The number of halogens is 1. The highest BCUT2D eigenvalue weighted by atomic mass is 35.5. The molecule has 0 aromatic carbocycles. The lowest BCUT2D eigenvalue weighted by Crippen LogP contribution is -2.39. The van der Waals surface area contributed by atoms with E-state index in [0.29, 0.717) is 24.5 Å². The number of carbonyl (C=O) groups is 2. The fourth-order valence-electron chi connectivity index (χ4n) is 3.55. The molecule has 0 bridgehead atoms. The lowest BCUT2D eigenvalue weighted by atomic mass is 10.1. The van der Waals surface area contributed by atoms with Gasteiger partial charge in [0.15, 0.2) is 23.2 Å². The first-order valence-electron chi connectivity index (χ1n) is 9.59. The van der Waals surface area contributed by atoms with E-state index in [9.17, 15) is 19.8 Å². The summed E-state index contributed by atoms with van der Waals surface area (Å²) in [4.78, 5) is 34.5. The Bertz CT molecular complexity index is 1000. The summed E-state index contributed by atoms with van der Waals surface area (Å²) in [6.07, 6.45) is -5.39. The normalized spacial score (nSPS) is 27.9. The van der Waals surface area contributed by atoms with Crippen molar-refractivity contribution < 1.29 is 44.2 Å². The average molecular weight is 474 g/mol. The fraction of sp³-hybridized carbons (Fsp3) is 0.588. The van der Waals surface area contributed by atoms with Crippen LogP contribution in [-0.4, -0.2) is 102 Å². The molecule has 2 aromatic rings. The third-order valence-electron chi connectivity index (χ3n) is 5.15. The quantitative estimate of drug-likeness (QED) is 0.228. The number of imidazole rings is 1. The molecule has 2 saturated heterocycles. The molecule has 14 nitrogen and oxygen atoms in total. The maximum Gasteiger partial charge on any atom is 0.344 e. The van der Waals surface area contributed by atoms with E-state index in [1.54, 1.807) is 0 Å². The van der Waals surface area contributed by atoms with E-state index < -0.39 is 49.2 Å². The zero-order valence-electron chi connectivity index (χ0n) is 16.4. The van der Waals surface area contributed by atoms with Crippen molar-refractivity contribution >= 4 is 40.5 Å². The number of carboxylic acids is 2. The number of hydrogen-bond acceptors (Lipinski definition) is 11. The Morgan fingerprint density at radius 1 is 1.28 bits per heavy atom. The van der Waals surface area contributed by atoms with Crippen LogP contribution < -0.4 is 5.32 Å². The summed E-state index contributed by atoms with van der Waals surface area (Å²) < 4.78 is 17.2. The Morgan fingerprint density at radius 3 is 2.69 bits per heavy atom. The van der Waals surface area contributed by atoms with Crippen molar-refractivity contribution in [3.63, 3.8) is 0 Å². The minimum absolute atomic E-state index is 0.0161. The van der Waals surface area contributed by atoms with Crippen LogP contribution in [-0.2, 0) is 23.8 Å². The average Bonchev–Trinajstić information content (AvgIpc) is 3.44. The highest BCUT2D eigenvalue weighted by Gasteiger charge is 2.45. The first-order chi connectivity index (χ1) is 15.3. The lowest BCUT2D eigenvalue weighted by Gasteiger charge is -2.17. The van der Waals surface area contributed by atoms with Gasteiger partial charge in [0.1, 0.15) is 18.3 Å². The molecular weight excluding hydrogens is 454 g/mol. The standard InChI is InChI=1S/C17H20ClN5O9/c18-17-21-12(20-6-1-2-30-3-6)8-13(22-17)23(5-19-8)14-10(25)9(24)7(32-14)4-31-11(15(26)27)16(28)29/h5-7,9-11,14,24-25H,1-4H2,(H,26,27)(H,28,29)(H,20,21,22)/t6-,7+,9-,10+,14+/m0/s1. The molecule has 0 spiro atoms. The number of aromatic nitrogens is 4. The van der Waals surface area contributed by atoms with Gasteiger partial charge in [-0.1, -0.05) is 0 Å². The largest absolute Gasteiger partial charge is 0.479 e. The van der Waals surface area contributed by atoms with Gasteiger partial charge in [0, 0.05) is 6.61 Å². The number of aliphatic hydroxyl groups excluding tert-OH is 2. The van der Waals surface area contributed by atoms with Crippen LogP contribution in [0.5, 0.6) is 0 Å². The van der Waals surface area contributed by atoms with Crippen LogP contribution in [0.3, 0.4) is 0 Å². The molecule has 0 amide bonds. The van der Waals surface area contributed by atoms with Gasteiger partial charge in [-0.3, -0.25) is 4.57 Å². The number of aliphatic carboxylic acids is 2. The number of aliphatic hydroxyl groups is 2. The van der Waals surface area contributed by atoms with Crippen molar-refractivity contribution in [1.82, 2.24) is 19.5 Å². The number of ether oxygens (including phenoxy) is 3. The molecule has 2 aliphatic heterocycles. The Balaban J connectivity index is 1.55. The second-order valence-electron chi connectivity index (χ2n) is 7.31. The Morgan fingerprint density at radius 2 is 2.03 bits per heavy atom. The lowest BCUT2D eigenvalue weighted by molar-refractivity contribution is -0.170. The second kappa shape index (κ2) is 9.09. The third kappa shape index (κ3) is 4.32. The van der Waals surface area contributed by atoms with Crippen molar-refractivity contribution in [2.75, 3.05) is 25.1 Å². The van der Waals surface area contributed by atoms with Gasteiger partial charge in [0.05, 0.1) is 25.6 Å². The van der Waals surface area contributed by atoms with Gasteiger partial charge in [-0.05, 0) is 18.0 Å². The summed E-state index contributed by atoms with van der Waals surface area (Å²) in [6.45, 7) is 0.521. The smallest absolute Gasteiger partial charge is 0.344 e. The minimum atomic E-state index is -2.14. The van der Waals surface area contributed by atoms with E-state index in [4.69, 9.17) is 36.0 Å². The van der Waals surface area contributed by atoms with Crippen LogP contribution in [0.1, 0.15) is 12.6 Å². The number of rotatable bonds is 8. The van der Waals surface area contributed by atoms with E-state index >= 15 is 0 Å². The van der Waals surface area contributed by atoms with Gasteiger partial charge < -0.3 is 40.0 Å². The SMILES string of the molecule is O=C(O)C(OC[C@H]1O[C@@H](n2cnc3c(N[C@H]4CCOC4)nc(Cl)nc32)[C@H](O)[C@H]1O)C(=O)O. The molecule has 2 aliphatic rings. The molecule has 5 atom stereocenters. The van der Waals surface area contributed by atoms with Crippen molar-refractivity contribution in [2.24, 2.45) is 0 Å². The third-order valence-corrected chi connectivity index (χ3v) is 5.32. The monoisotopic (exact) mass is 473 g/mol. The van der Waals surface area contributed by atoms with Crippen LogP contribution in [0.25, 0.3) is 11.2 Å². The maximum atomic E-state index is 11.0. The van der Waals surface area contributed by atoms with Crippen LogP contribution in [0.15, 0.2) is 6.33 Å². The molecule has 4 rings (SSSR count). The molecule has 15 heteroatoms. The molecule has 0 radical (unpaired) electrons. The molecule has 4 heterocycles. The molecule has 0 saturated carbocycles. The topological polar surface area (TPSA) is 198 Å². The van der Waals surface area contributed by atoms with Crippen molar-refractivity contribution in [3.8, 4) is 0 Å². The van der Waals surface area contributed by atoms with Gasteiger partial charge >= 0.3 is 11.9 Å². The molecule has 2 aromatic heterocycles. The first-order valence-corrected chi connectivity index (χ1v) is 9.97. The predicted molar refractivity (Wildman–Crippen MR) is 104 cm³/mol. The van der Waals surface area contributed by atoms with E-state index in [1.165, 1.54) is 10.9 Å². The maximum absolute atomic E-state index is 11.0. The van der Waals surface area contributed by atoms with Crippen molar-refractivity contribution in [2.45, 2.75) is 43.1 Å². The number of nitrogens with one attached hydrogen (secondary N) is 1. The molecule has 2 fully saturated rings. The number of nitrogens with zero attached hydrogens (tertiary/aromatic N) is 4. The number of fused-ring (bicyclic) bond motifs is 1. The highest BCUT2D eigenvalue weighted by Crippen LogP contribution is 2.33. The minimum Gasteiger partial charge on any atom is -0.479 e. The summed E-state index contributed by atoms with van der Waals surface area (Å²) in [6, 6.07) is 0.0161. The number of anilines is 1. The zero-order valence-corrected chi connectivity index (χ0v) is 17.1. The van der Waals surface area contributed by atoms with E-state index in [0.717, 1.165) is 6.42 Å². The molecule has 0 aliphatic carbocycles. The summed E-state index contributed by atoms with van der Waals surface area (Å²) in [5.41, 5.74) is 0.571. The first kappa shape index (κ1) is 22.6. The van der Waals surface area contributed by atoms with Gasteiger partial charge in [0.2, 0.25) is 5.28 Å². The Labute approximate surface area is 184 Å². The predicted octanol–water partition coefficient (Wildman–Crippen LogP) is -1.15. The van der Waals surface area contributed by atoms with Gasteiger partial charge in [-0.25, -0.2) is 14.6 Å². The molecule has 174 valence electrons. The Kier molecular flexibility index (Phi) is 6.41. The van der Waals surface area contributed by atoms with E-state index in [-0.39, 0.29) is 17.0 Å². The number of carboxylic acid groups (broad SMARTS) is 2. The van der Waals surface area contributed by atoms with E-state index in [2.05, 4.69) is 20.3 Å². The fourth-order valence-corrected chi connectivity index (χ4v) is 3.72. The summed E-state index contributed by atoms with van der Waals surface area (Å²) in [7, 11) is 0. The van der Waals surface area contributed by atoms with Gasteiger partial charge in [0.25, 0.3) is 6.10 Å². The van der Waals surface area contributed by atoms with Crippen LogP contribution >= 0.6 is 11.6 Å². The van der Waals surface area contributed by atoms with Crippen molar-refractivity contribution in [3.05, 3.63) is 11.6 Å². The van der Waals surface area contributed by atoms with Crippen LogP contribution in [0.4, 0.5) is 5.82 Å². The van der Waals surface area contributed by atoms with Crippen LogP contribution in [0, 0.1) is 0 Å².